The van der Waals surface area contributed by atoms with Gasteiger partial charge in [0.15, 0.2) is 5.96 Å². The summed E-state index contributed by atoms with van der Waals surface area (Å²) in [7, 11) is 0. The van der Waals surface area contributed by atoms with Crippen LogP contribution < -0.4 is 10.6 Å². The van der Waals surface area contributed by atoms with Gasteiger partial charge in [0.25, 0.3) is 0 Å². The maximum atomic E-state index is 4.57. The molecule has 112 valence electrons. The molecular weight excluding hydrogens is 252 g/mol. The molecule has 1 unspecified atom stereocenters. The lowest BCUT2D eigenvalue weighted by molar-refractivity contribution is 0.619. The molecule has 0 saturated heterocycles. The molecular formula is C14H26N6. The average Bonchev–Trinajstić information content (AvgIpc) is 2.91. The van der Waals surface area contributed by atoms with Crippen molar-refractivity contribution in [3.63, 3.8) is 0 Å². The smallest absolute Gasteiger partial charge is 0.191 e. The van der Waals surface area contributed by atoms with Gasteiger partial charge in [-0.1, -0.05) is 19.9 Å². The van der Waals surface area contributed by atoms with E-state index in [9.17, 15) is 0 Å². The second-order valence-electron chi connectivity index (χ2n) is 4.65. The number of hydrogen-bond donors (Lipinski definition) is 2. The van der Waals surface area contributed by atoms with Gasteiger partial charge in [-0.2, -0.15) is 0 Å². The highest BCUT2D eigenvalue weighted by atomic mass is 15.3. The van der Waals surface area contributed by atoms with Gasteiger partial charge in [0.05, 0.1) is 6.54 Å². The summed E-state index contributed by atoms with van der Waals surface area (Å²) in [6, 6.07) is 0.396. The van der Waals surface area contributed by atoms with Crippen LogP contribution in [-0.2, 0) is 13.0 Å². The Balaban J connectivity index is 2.54. The largest absolute Gasteiger partial charge is 0.354 e. The molecule has 1 aromatic rings. The summed E-state index contributed by atoms with van der Waals surface area (Å²) in [6.45, 7) is 12.3. The Morgan fingerprint density at radius 3 is 3.00 bits per heavy atom. The van der Waals surface area contributed by atoms with Crippen molar-refractivity contribution < 1.29 is 0 Å². The minimum Gasteiger partial charge on any atom is -0.354 e. The summed E-state index contributed by atoms with van der Waals surface area (Å²) in [4.78, 5) is 4.57. The molecule has 0 bridgehead atoms. The van der Waals surface area contributed by atoms with E-state index in [1.165, 1.54) is 0 Å². The van der Waals surface area contributed by atoms with Crippen LogP contribution >= 0.6 is 0 Å². The van der Waals surface area contributed by atoms with E-state index in [2.05, 4.69) is 53.2 Å². The molecule has 0 aliphatic rings. The summed E-state index contributed by atoms with van der Waals surface area (Å²) < 4.78 is 2.04. The third-order valence-electron chi connectivity index (χ3n) is 3.03. The lowest BCUT2D eigenvalue weighted by Crippen LogP contribution is -2.42. The summed E-state index contributed by atoms with van der Waals surface area (Å²) in [5.74, 6) is 1.82. The highest BCUT2D eigenvalue weighted by molar-refractivity contribution is 5.80. The fourth-order valence-electron chi connectivity index (χ4n) is 1.67. The van der Waals surface area contributed by atoms with Gasteiger partial charge in [0.1, 0.15) is 12.2 Å². The second kappa shape index (κ2) is 9.12. The topological polar surface area (TPSA) is 67.1 Å². The van der Waals surface area contributed by atoms with Crippen LogP contribution in [0.2, 0.25) is 0 Å². The van der Waals surface area contributed by atoms with E-state index in [0.717, 1.165) is 31.2 Å². The predicted octanol–water partition coefficient (Wildman–Crippen LogP) is 1.36. The number of hydrogen-bond acceptors (Lipinski definition) is 3. The first kappa shape index (κ1) is 16.2. The normalized spacial score (nSPS) is 13.1. The van der Waals surface area contributed by atoms with Crippen LogP contribution in [-0.4, -0.2) is 39.9 Å². The van der Waals surface area contributed by atoms with Gasteiger partial charge in [-0.3, -0.25) is 4.99 Å². The number of nitrogens with zero attached hydrogens (tertiary/aromatic N) is 4. The minimum atomic E-state index is 0.396. The Kier molecular flexibility index (Phi) is 7.39. The van der Waals surface area contributed by atoms with Crippen molar-refractivity contribution >= 4 is 5.96 Å². The molecule has 6 nitrogen and oxygen atoms in total. The molecule has 6 heteroatoms. The Morgan fingerprint density at radius 2 is 2.35 bits per heavy atom. The average molecular weight is 278 g/mol. The zero-order chi connectivity index (χ0) is 14.8. The van der Waals surface area contributed by atoms with Crippen LogP contribution in [0.15, 0.2) is 24.0 Å². The second-order valence-corrected chi connectivity index (χ2v) is 4.65. The fraction of sp³-hybridized carbons (Fsp3) is 0.643. The fourth-order valence-corrected chi connectivity index (χ4v) is 1.67. The van der Waals surface area contributed by atoms with Crippen molar-refractivity contribution in [3.05, 3.63) is 24.8 Å². The quantitative estimate of drug-likeness (QED) is 0.428. The maximum Gasteiger partial charge on any atom is 0.191 e. The molecule has 0 amide bonds. The summed E-state index contributed by atoms with van der Waals surface area (Å²) in [6.07, 6.45) is 5.52. The maximum absolute atomic E-state index is 4.57. The molecule has 2 N–H and O–H groups in total. The number of aromatic nitrogens is 3. The van der Waals surface area contributed by atoms with Crippen LogP contribution in [0, 0.1) is 0 Å². The lowest BCUT2D eigenvalue weighted by atomic mass is 10.3. The molecule has 0 fully saturated rings. The van der Waals surface area contributed by atoms with Crippen molar-refractivity contribution in [2.45, 2.75) is 46.2 Å². The van der Waals surface area contributed by atoms with Gasteiger partial charge < -0.3 is 15.2 Å². The van der Waals surface area contributed by atoms with Crippen LogP contribution in [0.3, 0.4) is 0 Å². The van der Waals surface area contributed by atoms with E-state index in [1.807, 2.05) is 10.6 Å². The third kappa shape index (κ3) is 5.42. The molecule has 0 spiro atoms. The van der Waals surface area contributed by atoms with E-state index in [-0.39, 0.29) is 0 Å². The van der Waals surface area contributed by atoms with Gasteiger partial charge in [-0.05, 0) is 13.3 Å². The highest BCUT2D eigenvalue weighted by Crippen LogP contribution is 1.96. The Labute approximate surface area is 121 Å². The zero-order valence-corrected chi connectivity index (χ0v) is 12.8. The van der Waals surface area contributed by atoms with Gasteiger partial charge in [-0.25, -0.2) is 0 Å². The Hall–Kier alpha value is -1.85. The van der Waals surface area contributed by atoms with E-state index in [4.69, 9.17) is 0 Å². The highest BCUT2D eigenvalue weighted by Gasteiger charge is 2.03. The standard InChI is InChI=1S/C14H26N6/c1-5-8-15-14(18-12(4)6-2)16-9-10-20-11-17-19-13(20)7-3/h5,11-12H,1,6-10H2,2-4H3,(H2,15,16,18). The summed E-state index contributed by atoms with van der Waals surface area (Å²) in [5, 5.41) is 14.6. The van der Waals surface area contributed by atoms with E-state index >= 15 is 0 Å². The zero-order valence-electron chi connectivity index (χ0n) is 12.8. The number of aryl methyl sites for hydroxylation is 1. The van der Waals surface area contributed by atoms with Crippen LogP contribution in [0.25, 0.3) is 0 Å². The minimum absolute atomic E-state index is 0.396. The van der Waals surface area contributed by atoms with Gasteiger partial charge in [0.2, 0.25) is 0 Å². The van der Waals surface area contributed by atoms with Crippen molar-refractivity contribution in [1.82, 2.24) is 25.4 Å². The molecule has 0 aliphatic heterocycles. The summed E-state index contributed by atoms with van der Waals surface area (Å²) in [5.41, 5.74) is 0. The third-order valence-corrected chi connectivity index (χ3v) is 3.03. The summed E-state index contributed by atoms with van der Waals surface area (Å²) >= 11 is 0. The number of guanidine groups is 1. The Bertz CT molecular complexity index is 423. The molecule has 1 atom stereocenters. The van der Waals surface area contributed by atoms with Gasteiger partial charge in [-0.15, -0.1) is 16.8 Å². The van der Waals surface area contributed by atoms with Gasteiger partial charge in [0, 0.05) is 25.6 Å². The molecule has 0 saturated carbocycles. The lowest BCUT2D eigenvalue weighted by Gasteiger charge is -2.16. The van der Waals surface area contributed by atoms with Crippen LogP contribution in [0.4, 0.5) is 0 Å². The van der Waals surface area contributed by atoms with Crippen molar-refractivity contribution in [1.29, 1.82) is 0 Å². The first-order chi connectivity index (χ1) is 9.71. The SMILES string of the molecule is C=CCNC(=NCCn1cnnc1CC)NC(C)CC. The van der Waals surface area contributed by atoms with Crippen molar-refractivity contribution in [2.75, 3.05) is 13.1 Å². The first-order valence-electron chi connectivity index (χ1n) is 7.23. The van der Waals surface area contributed by atoms with Crippen LogP contribution in [0.1, 0.15) is 33.0 Å². The van der Waals surface area contributed by atoms with E-state index in [0.29, 0.717) is 19.1 Å². The number of rotatable bonds is 8. The molecule has 0 radical (unpaired) electrons. The number of aliphatic imine (C=N–C) groups is 1. The first-order valence-corrected chi connectivity index (χ1v) is 7.23. The predicted molar refractivity (Wildman–Crippen MR) is 82.8 cm³/mol. The molecule has 0 aromatic carbocycles. The van der Waals surface area contributed by atoms with Gasteiger partial charge >= 0.3 is 0 Å². The van der Waals surface area contributed by atoms with Crippen LogP contribution in [0.5, 0.6) is 0 Å². The molecule has 1 heterocycles. The van der Waals surface area contributed by atoms with Crippen molar-refractivity contribution in [3.8, 4) is 0 Å². The molecule has 0 aliphatic carbocycles. The number of nitrogens with one attached hydrogen (secondary N) is 2. The molecule has 1 rings (SSSR count). The molecule has 20 heavy (non-hydrogen) atoms. The van der Waals surface area contributed by atoms with E-state index in [1.54, 1.807) is 6.33 Å². The van der Waals surface area contributed by atoms with E-state index < -0.39 is 0 Å². The molecule has 1 aromatic heterocycles. The Morgan fingerprint density at radius 1 is 1.55 bits per heavy atom. The monoisotopic (exact) mass is 278 g/mol. The van der Waals surface area contributed by atoms with Crippen molar-refractivity contribution in [2.24, 2.45) is 4.99 Å².